The van der Waals surface area contributed by atoms with Gasteiger partial charge in [0, 0.05) is 9.78 Å². The van der Waals surface area contributed by atoms with Gasteiger partial charge in [-0.05, 0) is 65.7 Å². The average Bonchev–Trinajstić information content (AvgIpc) is 3.26. The maximum atomic E-state index is 5.11. The lowest BCUT2D eigenvalue weighted by molar-refractivity contribution is 0.324. The van der Waals surface area contributed by atoms with E-state index in [2.05, 4.69) is 65.4 Å². The van der Waals surface area contributed by atoms with Crippen molar-refractivity contribution in [1.82, 2.24) is 0 Å². The zero-order chi connectivity index (χ0) is 23.7. The van der Waals surface area contributed by atoms with Crippen LogP contribution in [0.5, 0.6) is 17.2 Å². The summed E-state index contributed by atoms with van der Waals surface area (Å²) in [6, 6.07) is 16.4. The second-order valence-corrected chi connectivity index (χ2v) is 10.2. The number of thioether (sulfide) groups is 1. The van der Waals surface area contributed by atoms with E-state index in [1.54, 1.807) is 44.4 Å². The fraction of sp³-hybridized carbons (Fsp3) is 0.231. The van der Waals surface area contributed by atoms with Gasteiger partial charge in [-0.15, -0.1) is 20.6 Å². The van der Waals surface area contributed by atoms with Gasteiger partial charge in [-0.3, -0.25) is 0 Å². The van der Waals surface area contributed by atoms with E-state index in [0.717, 1.165) is 4.91 Å². The molecule has 6 heteroatoms. The summed E-state index contributed by atoms with van der Waals surface area (Å²) in [5.74, 6) is 1.98. The van der Waals surface area contributed by atoms with Crippen molar-refractivity contribution in [3.8, 4) is 28.4 Å². The highest BCUT2D eigenvalue weighted by Crippen LogP contribution is 2.41. The third kappa shape index (κ3) is 7.16. The Bertz CT molecular complexity index is 1060. The van der Waals surface area contributed by atoms with Gasteiger partial charge in [0.05, 0.1) is 21.3 Å². The minimum atomic E-state index is 0.627. The van der Waals surface area contributed by atoms with Crippen molar-refractivity contribution in [2.45, 2.75) is 20.8 Å². The molecule has 0 saturated carbocycles. The van der Waals surface area contributed by atoms with Gasteiger partial charge in [0.1, 0.15) is 0 Å². The normalized spacial score (nSPS) is 11.1. The molecule has 1 heterocycles. The third-order valence-electron chi connectivity index (χ3n) is 4.40. The number of para-hydroxylation sites is 1. The molecule has 0 bridgehead atoms. The largest absolute Gasteiger partial charge is 0.493 e. The molecule has 0 aliphatic carbocycles. The predicted octanol–water partition coefficient (Wildman–Crippen LogP) is 8.27. The van der Waals surface area contributed by atoms with Crippen LogP contribution in [0.15, 0.2) is 70.7 Å². The highest BCUT2D eigenvalue weighted by Gasteiger charge is 2.10. The number of hydrogen-bond acceptors (Lipinski definition) is 5. The summed E-state index contributed by atoms with van der Waals surface area (Å²) < 4.78 is 15.3. The maximum Gasteiger partial charge on any atom is 0.203 e. The van der Waals surface area contributed by atoms with Gasteiger partial charge >= 0.3 is 0 Å². The highest BCUT2D eigenvalue weighted by molar-refractivity contribution is 8.12. The summed E-state index contributed by atoms with van der Waals surface area (Å²) in [5, 5.41) is 3.49. The summed E-state index contributed by atoms with van der Waals surface area (Å²) in [5.41, 5.74) is 3.87. The molecule has 1 atom stereocenters. The van der Waals surface area contributed by atoms with Crippen molar-refractivity contribution in [1.29, 1.82) is 0 Å². The number of ether oxygens (including phenoxy) is 3. The van der Waals surface area contributed by atoms with Gasteiger partial charge in [0.25, 0.3) is 0 Å². The molecule has 2 aromatic carbocycles. The number of rotatable bonds is 7. The summed E-state index contributed by atoms with van der Waals surface area (Å²) in [6.07, 6.45) is 0. The Hall–Kier alpha value is -2.20. The molecule has 3 nitrogen and oxygen atoms in total. The molecule has 0 N–H and O–H groups in total. The van der Waals surface area contributed by atoms with Crippen LogP contribution in [0.3, 0.4) is 0 Å². The Morgan fingerprint density at radius 2 is 1.53 bits per heavy atom. The molecular formula is C26H31O3PS2. The summed E-state index contributed by atoms with van der Waals surface area (Å²) in [7, 11) is 7.58. The Labute approximate surface area is 202 Å². The first kappa shape index (κ1) is 26.1. The molecule has 170 valence electrons. The first-order chi connectivity index (χ1) is 15.3. The van der Waals surface area contributed by atoms with Crippen LogP contribution in [0, 0.1) is 6.92 Å². The van der Waals surface area contributed by atoms with Crippen LogP contribution in [-0.2, 0) is 0 Å². The van der Waals surface area contributed by atoms with E-state index in [-0.39, 0.29) is 0 Å². The second kappa shape index (κ2) is 12.7. The predicted molar refractivity (Wildman–Crippen MR) is 145 cm³/mol. The van der Waals surface area contributed by atoms with Crippen LogP contribution in [-0.4, -0.2) is 21.3 Å². The molecule has 0 saturated heterocycles. The van der Waals surface area contributed by atoms with Crippen molar-refractivity contribution in [3.05, 3.63) is 81.1 Å². The van der Waals surface area contributed by atoms with Gasteiger partial charge in [-0.1, -0.05) is 54.2 Å². The molecule has 3 aromatic rings. The lowest BCUT2D eigenvalue weighted by Gasteiger charge is -2.10. The minimum Gasteiger partial charge on any atom is -0.493 e. The van der Waals surface area contributed by atoms with E-state index >= 15 is 0 Å². The van der Waals surface area contributed by atoms with Gasteiger partial charge < -0.3 is 14.2 Å². The van der Waals surface area contributed by atoms with Crippen LogP contribution in [0.1, 0.15) is 24.3 Å². The van der Waals surface area contributed by atoms with Crippen LogP contribution < -0.4 is 14.2 Å². The first-order valence-corrected chi connectivity index (χ1v) is 12.3. The fourth-order valence-corrected chi connectivity index (χ4v) is 5.25. The Balaban J connectivity index is 0.000000258. The molecule has 0 amide bonds. The Morgan fingerprint density at radius 1 is 0.906 bits per heavy atom. The van der Waals surface area contributed by atoms with E-state index in [0.29, 0.717) is 17.2 Å². The van der Waals surface area contributed by atoms with Crippen molar-refractivity contribution in [2.24, 2.45) is 0 Å². The number of thiophene rings is 1. The second-order valence-electron chi connectivity index (χ2n) is 7.08. The topological polar surface area (TPSA) is 27.7 Å². The van der Waals surface area contributed by atoms with E-state index in [4.69, 9.17) is 14.2 Å². The zero-order valence-corrected chi connectivity index (χ0v) is 22.3. The van der Waals surface area contributed by atoms with Crippen molar-refractivity contribution >= 4 is 37.2 Å². The van der Waals surface area contributed by atoms with Gasteiger partial charge in [0.15, 0.2) is 11.5 Å². The minimum absolute atomic E-state index is 0.627. The molecule has 0 aliphatic rings. The SMILES string of the molecule is C=C(C)S/C(=C(\C)P)c1cc(-c2cccc(C)c2)cs1.COc1cccc(OC)c1OC. The molecule has 0 aliphatic heterocycles. The first-order valence-electron chi connectivity index (χ1n) is 10.0. The van der Waals surface area contributed by atoms with Crippen LogP contribution >= 0.6 is 32.3 Å². The van der Waals surface area contributed by atoms with Gasteiger partial charge in [-0.25, -0.2) is 0 Å². The van der Waals surface area contributed by atoms with E-state index < -0.39 is 0 Å². The van der Waals surface area contributed by atoms with Crippen molar-refractivity contribution in [3.63, 3.8) is 0 Å². The van der Waals surface area contributed by atoms with Crippen LogP contribution in [0.4, 0.5) is 0 Å². The van der Waals surface area contributed by atoms with E-state index in [1.807, 2.05) is 25.1 Å². The molecule has 0 fully saturated rings. The average molecular weight is 487 g/mol. The van der Waals surface area contributed by atoms with E-state index in [9.17, 15) is 0 Å². The smallest absolute Gasteiger partial charge is 0.203 e. The number of hydrogen-bond donors (Lipinski definition) is 0. The molecule has 1 aromatic heterocycles. The number of methoxy groups -OCH3 is 3. The van der Waals surface area contributed by atoms with E-state index in [1.165, 1.54) is 31.8 Å². The van der Waals surface area contributed by atoms with Crippen LogP contribution in [0.25, 0.3) is 16.0 Å². The molecule has 0 spiro atoms. The lowest BCUT2D eigenvalue weighted by Crippen LogP contribution is -1.93. The van der Waals surface area contributed by atoms with Crippen molar-refractivity contribution < 1.29 is 14.2 Å². The summed E-state index contributed by atoms with van der Waals surface area (Å²) >= 11 is 3.54. The Morgan fingerprint density at radius 3 is 2.03 bits per heavy atom. The zero-order valence-electron chi connectivity index (χ0n) is 19.5. The van der Waals surface area contributed by atoms with Gasteiger partial charge in [-0.2, -0.15) is 0 Å². The molecule has 3 rings (SSSR count). The number of allylic oxidation sites excluding steroid dienone is 2. The molecular weight excluding hydrogens is 455 g/mol. The highest BCUT2D eigenvalue weighted by atomic mass is 32.2. The Kier molecular flexibility index (Phi) is 10.4. The summed E-state index contributed by atoms with van der Waals surface area (Å²) in [6.45, 7) is 10.3. The van der Waals surface area contributed by atoms with Gasteiger partial charge in [0.2, 0.25) is 5.75 Å². The molecule has 32 heavy (non-hydrogen) atoms. The monoisotopic (exact) mass is 486 g/mol. The van der Waals surface area contributed by atoms with Crippen LogP contribution in [0.2, 0.25) is 0 Å². The maximum absolute atomic E-state index is 5.11. The number of aryl methyl sites for hydroxylation is 1. The standard InChI is InChI=1S/C17H19PS2.C9H12O3/c1-11(2)20-17(13(4)18)16-9-15(10-19-16)14-7-5-6-12(3)8-14;1-10-7-5-4-6-8(11-2)9(7)12-3/h5-10H,1,18H2,2-4H3;4-6H,1-3H3/b17-13+;. The summed E-state index contributed by atoms with van der Waals surface area (Å²) in [4.78, 5) is 3.72. The number of benzene rings is 2. The third-order valence-corrected chi connectivity index (χ3v) is 7.07. The fourth-order valence-electron chi connectivity index (χ4n) is 2.95. The quantitative estimate of drug-likeness (QED) is 0.314. The molecule has 1 unspecified atom stereocenters. The molecule has 0 radical (unpaired) electrons. The lowest BCUT2D eigenvalue weighted by atomic mass is 10.1. The van der Waals surface area contributed by atoms with Crippen molar-refractivity contribution in [2.75, 3.05) is 21.3 Å².